The Labute approximate surface area is 126 Å². The van der Waals surface area contributed by atoms with Gasteiger partial charge in [0.25, 0.3) is 5.91 Å². The Balaban J connectivity index is 1.92. The Hall–Kier alpha value is -2.27. The number of carbonyl (C=O) groups excluding carboxylic acids is 1. The second-order valence-electron chi connectivity index (χ2n) is 5.14. The number of benzene rings is 1. The third-order valence-electron chi connectivity index (χ3n) is 3.42. The van der Waals surface area contributed by atoms with Gasteiger partial charge in [-0.05, 0) is 24.6 Å². The maximum Gasteiger partial charge on any atom is 0.266 e. The lowest BCUT2D eigenvalue weighted by Crippen LogP contribution is -2.25. The summed E-state index contributed by atoms with van der Waals surface area (Å²) in [6.45, 7) is 2.53. The minimum absolute atomic E-state index is 0.0625. The van der Waals surface area contributed by atoms with Crippen molar-refractivity contribution in [3.63, 3.8) is 0 Å². The number of nitrogens with two attached hydrogens (primary N) is 1. The van der Waals surface area contributed by atoms with E-state index >= 15 is 0 Å². The lowest BCUT2D eigenvalue weighted by molar-refractivity contribution is 0.0790. The van der Waals surface area contributed by atoms with E-state index in [2.05, 4.69) is 6.07 Å². The predicted octanol–water partition coefficient (Wildman–Crippen LogP) is 3.66. The molecule has 0 aliphatic rings. The molecule has 0 saturated carbocycles. The number of amides is 1. The zero-order valence-electron chi connectivity index (χ0n) is 11.9. The highest BCUT2D eigenvalue weighted by molar-refractivity contribution is 7.21. The van der Waals surface area contributed by atoms with Crippen LogP contribution >= 0.6 is 11.3 Å². The van der Waals surface area contributed by atoms with Crippen molar-refractivity contribution < 1.29 is 9.21 Å². The molecule has 3 rings (SSSR count). The zero-order valence-corrected chi connectivity index (χ0v) is 12.7. The van der Waals surface area contributed by atoms with Gasteiger partial charge in [0.2, 0.25) is 0 Å². The third kappa shape index (κ3) is 2.52. The molecule has 0 aliphatic heterocycles. The van der Waals surface area contributed by atoms with Crippen LogP contribution in [0.3, 0.4) is 0 Å². The van der Waals surface area contributed by atoms with Crippen molar-refractivity contribution in [1.82, 2.24) is 4.90 Å². The van der Waals surface area contributed by atoms with Gasteiger partial charge in [-0.15, -0.1) is 11.3 Å². The normalized spacial score (nSPS) is 11.0. The van der Waals surface area contributed by atoms with Crippen LogP contribution in [0.15, 0.2) is 41.2 Å². The van der Waals surface area contributed by atoms with E-state index in [-0.39, 0.29) is 5.91 Å². The highest BCUT2D eigenvalue weighted by Gasteiger charge is 2.20. The van der Waals surface area contributed by atoms with Crippen molar-refractivity contribution in [2.45, 2.75) is 13.5 Å². The number of anilines is 1. The maximum atomic E-state index is 12.6. The van der Waals surface area contributed by atoms with Crippen molar-refractivity contribution in [2.24, 2.45) is 0 Å². The highest BCUT2D eigenvalue weighted by atomic mass is 32.1. The number of nitrogen functional groups attached to an aromatic ring is 1. The fourth-order valence-corrected chi connectivity index (χ4v) is 3.50. The first-order valence-corrected chi connectivity index (χ1v) is 7.43. The molecule has 1 amide bonds. The summed E-state index contributed by atoms with van der Waals surface area (Å²) in [5.41, 5.74) is 8.84. The monoisotopic (exact) mass is 300 g/mol. The van der Waals surface area contributed by atoms with Gasteiger partial charge in [-0.3, -0.25) is 4.79 Å². The van der Waals surface area contributed by atoms with E-state index in [1.54, 1.807) is 24.5 Å². The first-order chi connectivity index (χ1) is 10.1. The smallest absolute Gasteiger partial charge is 0.266 e. The summed E-state index contributed by atoms with van der Waals surface area (Å²) in [4.78, 5) is 14.8. The maximum absolute atomic E-state index is 12.6. The van der Waals surface area contributed by atoms with Gasteiger partial charge in [0.15, 0.2) is 0 Å². The van der Waals surface area contributed by atoms with Crippen LogP contribution in [0, 0.1) is 6.92 Å². The summed E-state index contributed by atoms with van der Waals surface area (Å²) >= 11 is 1.45. The van der Waals surface area contributed by atoms with E-state index < -0.39 is 0 Å². The lowest BCUT2D eigenvalue weighted by atomic mass is 10.1. The summed E-state index contributed by atoms with van der Waals surface area (Å²) in [7, 11) is 1.77. The number of nitrogens with zero attached hydrogens (tertiary/aromatic N) is 1. The van der Waals surface area contributed by atoms with Crippen molar-refractivity contribution in [2.75, 3.05) is 12.8 Å². The van der Waals surface area contributed by atoms with Gasteiger partial charge in [-0.25, -0.2) is 0 Å². The molecule has 0 radical (unpaired) electrons. The molecule has 21 heavy (non-hydrogen) atoms. The molecule has 2 heterocycles. The minimum atomic E-state index is -0.0625. The molecule has 0 bridgehead atoms. The molecule has 0 saturated heterocycles. The molecule has 2 N–H and O–H groups in total. The average Bonchev–Trinajstić information content (AvgIpc) is 3.06. The van der Waals surface area contributed by atoms with Crippen LogP contribution in [-0.4, -0.2) is 17.9 Å². The second kappa shape index (κ2) is 5.26. The van der Waals surface area contributed by atoms with E-state index in [9.17, 15) is 4.79 Å². The van der Waals surface area contributed by atoms with Gasteiger partial charge in [0.05, 0.1) is 18.2 Å². The lowest BCUT2D eigenvalue weighted by Gasteiger charge is -2.15. The molecule has 108 valence electrons. The summed E-state index contributed by atoms with van der Waals surface area (Å²) in [6.07, 6.45) is 3.24. The first kappa shape index (κ1) is 13.7. The SMILES string of the molecule is Cc1ccc2c(N)c(C(=O)N(C)Cc3ccoc3)sc2c1. The van der Waals surface area contributed by atoms with E-state index in [0.717, 1.165) is 21.2 Å². The Kier molecular flexibility index (Phi) is 3.43. The number of hydrogen-bond donors (Lipinski definition) is 1. The van der Waals surface area contributed by atoms with E-state index in [1.807, 2.05) is 25.1 Å². The van der Waals surface area contributed by atoms with Crippen molar-refractivity contribution >= 4 is 33.0 Å². The molecule has 2 aromatic heterocycles. The molecule has 0 fully saturated rings. The van der Waals surface area contributed by atoms with Gasteiger partial charge < -0.3 is 15.1 Å². The number of rotatable bonds is 3. The Morgan fingerprint density at radius 1 is 1.38 bits per heavy atom. The molecule has 1 aromatic carbocycles. The molecule has 4 nitrogen and oxygen atoms in total. The third-order valence-corrected chi connectivity index (χ3v) is 4.58. The summed E-state index contributed by atoms with van der Waals surface area (Å²) in [6, 6.07) is 7.89. The van der Waals surface area contributed by atoms with E-state index in [0.29, 0.717) is 17.1 Å². The second-order valence-corrected chi connectivity index (χ2v) is 6.19. The van der Waals surface area contributed by atoms with E-state index in [1.165, 1.54) is 11.3 Å². The predicted molar refractivity (Wildman–Crippen MR) is 85.5 cm³/mol. The van der Waals surface area contributed by atoms with Gasteiger partial charge in [-0.1, -0.05) is 12.1 Å². The summed E-state index contributed by atoms with van der Waals surface area (Å²) < 4.78 is 6.07. The van der Waals surface area contributed by atoms with Crippen LogP contribution in [0.5, 0.6) is 0 Å². The van der Waals surface area contributed by atoms with E-state index in [4.69, 9.17) is 10.2 Å². The largest absolute Gasteiger partial charge is 0.472 e. The number of carbonyl (C=O) groups is 1. The first-order valence-electron chi connectivity index (χ1n) is 6.61. The number of aryl methyl sites for hydroxylation is 1. The van der Waals surface area contributed by atoms with Crippen LogP contribution in [0.1, 0.15) is 20.8 Å². The van der Waals surface area contributed by atoms with Crippen molar-refractivity contribution in [3.05, 3.63) is 52.8 Å². The molecular formula is C16H16N2O2S. The van der Waals surface area contributed by atoms with Gasteiger partial charge in [0.1, 0.15) is 4.88 Å². The molecule has 0 atom stereocenters. The van der Waals surface area contributed by atoms with Crippen LogP contribution in [0.2, 0.25) is 0 Å². The van der Waals surface area contributed by atoms with Crippen molar-refractivity contribution in [3.8, 4) is 0 Å². The standard InChI is InChI=1S/C16H16N2O2S/c1-10-3-4-12-13(7-10)21-15(14(12)17)16(19)18(2)8-11-5-6-20-9-11/h3-7,9H,8,17H2,1-2H3. The minimum Gasteiger partial charge on any atom is -0.472 e. The number of furan rings is 1. The zero-order chi connectivity index (χ0) is 15.0. The summed E-state index contributed by atoms with van der Waals surface area (Å²) in [5.74, 6) is -0.0625. The molecule has 0 unspecified atom stereocenters. The summed E-state index contributed by atoms with van der Waals surface area (Å²) in [5, 5.41) is 0.950. The van der Waals surface area contributed by atoms with Crippen LogP contribution in [0.4, 0.5) is 5.69 Å². The van der Waals surface area contributed by atoms with Gasteiger partial charge >= 0.3 is 0 Å². The quantitative estimate of drug-likeness (QED) is 0.803. The fraction of sp³-hybridized carbons (Fsp3) is 0.188. The Morgan fingerprint density at radius 2 is 2.19 bits per heavy atom. The van der Waals surface area contributed by atoms with Crippen LogP contribution in [-0.2, 0) is 6.54 Å². The van der Waals surface area contributed by atoms with Gasteiger partial charge in [0, 0.05) is 29.2 Å². The fourth-order valence-electron chi connectivity index (χ4n) is 2.28. The Morgan fingerprint density at radius 3 is 2.90 bits per heavy atom. The molecule has 0 spiro atoms. The van der Waals surface area contributed by atoms with Crippen LogP contribution < -0.4 is 5.73 Å². The molecular weight excluding hydrogens is 284 g/mol. The molecule has 0 aliphatic carbocycles. The average molecular weight is 300 g/mol. The van der Waals surface area contributed by atoms with Crippen molar-refractivity contribution in [1.29, 1.82) is 0 Å². The Bertz CT molecular complexity index is 790. The number of thiophene rings is 1. The highest BCUT2D eigenvalue weighted by Crippen LogP contribution is 2.35. The number of hydrogen-bond acceptors (Lipinski definition) is 4. The van der Waals surface area contributed by atoms with Crippen LogP contribution in [0.25, 0.3) is 10.1 Å². The van der Waals surface area contributed by atoms with Gasteiger partial charge in [-0.2, -0.15) is 0 Å². The number of fused-ring (bicyclic) bond motifs is 1. The molecule has 3 aromatic rings. The topological polar surface area (TPSA) is 59.5 Å². The molecule has 5 heteroatoms.